The molecule has 7 nitrogen and oxygen atoms in total. The standard InChI is InChI=1S/C12H17N3.C4H4O4/c1-8-3-11(5-13-9(8)2)15-6-10-4-14-12(10)7-15;5-3(6)1-2-4(7)8/h3,5,10,12,14H,4,6-7H2,1-2H3;1-2H,(H,5,6)(H,7,8)/b;2-1+/t10-,12+;/m1./s1. The Hall–Kier alpha value is -2.41. The highest BCUT2D eigenvalue weighted by molar-refractivity contribution is 5.89. The number of fused-ring (bicyclic) bond motifs is 1. The van der Waals surface area contributed by atoms with E-state index in [1.54, 1.807) is 0 Å². The minimum absolute atomic E-state index is 0.558. The van der Waals surface area contributed by atoms with Crippen molar-refractivity contribution in [2.45, 2.75) is 19.9 Å². The number of hydrogen-bond acceptors (Lipinski definition) is 5. The number of carboxylic acids is 2. The third kappa shape index (κ3) is 4.53. The van der Waals surface area contributed by atoms with Crippen molar-refractivity contribution in [3.8, 4) is 0 Å². The lowest BCUT2D eigenvalue weighted by Gasteiger charge is -2.29. The highest BCUT2D eigenvalue weighted by atomic mass is 16.4. The molecular formula is C16H21N3O4. The zero-order valence-electron chi connectivity index (χ0n) is 13.2. The Balaban J connectivity index is 0.000000207. The molecule has 2 saturated heterocycles. The van der Waals surface area contributed by atoms with E-state index in [4.69, 9.17) is 10.2 Å². The maximum Gasteiger partial charge on any atom is 0.328 e. The molecule has 0 spiro atoms. The number of rotatable bonds is 3. The first-order chi connectivity index (χ1) is 10.9. The van der Waals surface area contributed by atoms with Crippen LogP contribution in [-0.2, 0) is 9.59 Å². The van der Waals surface area contributed by atoms with Gasteiger partial charge in [-0.15, -0.1) is 0 Å². The molecule has 1 aromatic heterocycles. The highest BCUT2D eigenvalue weighted by Crippen LogP contribution is 2.28. The number of nitrogens with one attached hydrogen (secondary N) is 1. The number of nitrogens with zero attached hydrogens (tertiary/aromatic N) is 2. The molecule has 3 N–H and O–H groups in total. The SMILES string of the molecule is Cc1cc(N2C[C@H]3CN[C@H]3C2)cnc1C.O=C(O)/C=C/C(=O)O. The summed E-state index contributed by atoms with van der Waals surface area (Å²) in [5, 5.41) is 19.1. The Kier molecular flexibility index (Phi) is 5.33. The molecule has 124 valence electrons. The molecule has 0 amide bonds. The Morgan fingerprint density at radius 3 is 2.30 bits per heavy atom. The van der Waals surface area contributed by atoms with Crippen LogP contribution in [0.5, 0.6) is 0 Å². The molecule has 0 saturated carbocycles. The molecule has 2 atom stereocenters. The second-order valence-electron chi connectivity index (χ2n) is 5.79. The molecule has 0 radical (unpaired) electrons. The summed E-state index contributed by atoms with van der Waals surface area (Å²) in [6.45, 7) is 7.74. The zero-order valence-corrected chi connectivity index (χ0v) is 13.2. The predicted molar refractivity (Wildman–Crippen MR) is 85.6 cm³/mol. The second kappa shape index (κ2) is 7.23. The molecule has 3 heterocycles. The Labute approximate surface area is 134 Å². The van der Waals surface area contributed by atoms with Crippen LogP contribution in [0.1, 0.15) is 11.3 Å². The van der Waals surface area contributed by atoms with Crippen molar-refractivity contribution in [2.75, 3.05) is 24.5 Å². The Morgan fingerprint density at radius 2 is 1.91 bits per heavy atom. The van der Waals surface area contributed by atoms with Gasteiger partial charge in [0.15, 0.2) is 0 Å². The van der Waals surface area contributed by atoms with E-state index < -0.39 is 11.9 Å². The van der Waals surface area contributed by atoms with Gasteiger partial charge in [0.05, 0.1) is 11.9 Å². The van der Waals surface area contributed by atoms with E-state index in [9.17, 15) is 9.59 Å². The van der Waals surface area contributed by atoms with Gasteiger partial charge in [0.1, 0.15) is 0 Å². The smallest absolute Gasteiger partial charge is 0.328 e. The van der Waals surface area contributed by atoms with E-state index in [0.29, 0.717) is 12.2 Å². The fourth-order valence-electron chi connectivity index (χ4n) is 2.61. The molecule has 0 aromatic carbocycles. The molecular weight excluding hydrogens is 298 g/mol. The van der Waals surface area contributed by atoms with Gasteiger partial charge in [0.2, 0.25) is 0 Å². The minimum Gasteiger partial charge on any atom is -0.478 e. The molecule has 0 aliphatic carbocycles. The van der Waals surface area contributed by atoms with Gasteiger partial charge in [-0.05, 0) is 25.5 Å². The maximum atomic E-state index is 9.55. The number of hydrogen-bond donors (Lipinski definition) is 3. The molecule has 0 unspecified atom stereocenters. The average Bonchev–Trinajstić information content (AvgIpc) is 2.76. The van der Waals surface area contributed by atoms with Crippen molar-refractivity contribution in [2.24, 2.45) is 5.92 Å². The van der Waals surface area contributed by atoms with E-state index in [1.165, 1.54) is 24.3 Å². The number of aromatic nitrogens is 1. The van der Waals surface area contributed by atoms with Gasteiger partial charge < -0.3 is 20.4 Å². The molecule has 2 aliphatic heterocycles. The van der Waals surface area contributed by atoms with Crippen molar-refractivity contribution < 1.29 is 19.8 Å². The summed E-state index contributed by atoms with van der Waals surface area (Å²) in [6, 6.07) is 2.99. The lowest BCUT2D eigenvalue weighted by molar-refractivity contribution is -0.134. The fourth-order valence-corrected chi connectivity index (χ4v) is 2.61. The number of aryl methyl sites for hydroxylation is 2. The molecule has 1 aromatic rings. The van der Waals surface area contributed by atoms with Gasteiger partial charge in [-0.1, -0.05) is 0 Å². The number of pyridine rings is 1. The summed E-state index contributed by atoms with van der Waals surface area (Å²) in [6.07, 6.45) is 3.12. The molecule has 2 fully saturated rings. The quantitative estimate of drug-likeness (QED) is 0.709. The van der Waals surface area contributed by atoms with Gasteiger partial charge in [-0.2, -0.15) is 0 Å². The summed E-state index contributed by atoms with van der Waals surface area (Å²) in [5.41, 5.74) is 3.72. The largest absolute Gasteiger partial charge is 0.478 e. The predicted octanol–water partition coefficient (Wildman–Crippen LogP) is 0.818. The van der Waals surface area contributed by atoms with Crippen LogP contribution in [0.2, 0.25) is 0 Å². The first kappa shape index (κ1) is 17.0. The van der Waals surface area contributed by atoms with Gasteiger partial charge >= 0.3 is 11.9 Å². The van der Waals surface area contributed by atoms with Crippen molar-refractivity contribution in [1.82, 2.24) is 10.3 Å². The van der Waals surface area contributed by atoms with Gasteiger partial charge in [-0.3, -0.25) is 4.98 Å². The summed E-state index contributed by atoms with van der Waals surface area (Å²) in [4.78, 5) is 26.0. The summed E-state index contributed by atoms with van der Waals surface area (Å²) in [7, 11) is 0. The zero-order chi connectivity index (χ0) is 17.0. The van der Waals surface area contributed by atoms with Crippen molar-refractivity contribution >= 4 is 17.6 Å². The van der Waals surface area contributed by atoms with Crippen LogP contribution in [0.3, 0.4) is 0 Å². The summed E-state index contributed by atoms with van der Waals surface area (Å²) < 4.78 is 0. The third-order valence-electron chi connectivity index (χ3n) is 4.14. The number of carbonyl (C=O) groups is 2. The summed E-state index contributed by atoms with van der Waals surface area (Å²) >= 11 is 0. The van der Waals surface area contributed by atoms with E-state index in [-0.39, 0.29) is 0 Å². The van der Waals surface area contributed by atoms with Crippen LogP contribution in [0.4, 0.5) is 5.69 Å². The first-order valence-electron chi connectivity index (χ1n) is 7.42. The summed E-state index contributed by atoms with van der Waals surface area (Å²) in [5.74, 6) is -1.65. The van der Waals surface area contributed by atoms with Crippen molar-refractivity contribution in [3.63, 3.8) is 0 Å². The molecule has 23 heavy (non-hydrogen) atoms. The second-order valence-corrected chi connectivity index (χ2v) is 5.79. The first-order valence-corrected chi connectivity index (χ1v) is 7.42. The molecule has 7 heteroatoms. The van der Waals surface area contributed by atoms with E-state index in [0.717, 1.165) is 24.2 Å². The topological polar surface area (TPSA) is 103 Å². The van der Waals surface area contributed by atoms with E-state index >= 15 is 0 Å². The van der Waals surface area contributed by atoms with Crippen molar-refractivity contribution in [3.05, 3.63) is 35.7 Å². The van der Waals surface area contributed by atoms with Crippen LogP contribution < -0.4 is 10.2 Å². The Bertz CT molecular complexity index is 602. The third-order valence-corrected chi connectivity index (χ3v) is 4.14. The normalized spacial score (nSPS) is 22.1. The number of aliphatic carboxylic acids is 2. The van der Waals surface area contributed by atoms with Crippen molar-refractivity contribution in [1.29, 1.82) is 0 Å². The van der Waals surface area contributed by atoms with Crippen LogP contribution >= 0.6 is 0 Å². The molecule has 3 rings (SSSR count). The van der Waals surface area contributed by atoms with Crippen LogP contribution in [0.25, 0.3) is 0 Å². The molecule has 0 bridgehead atoms. The maximum absolute atomic E-state index is 9.55. The highest BCUT2D eigenvalue weighted by Gasteiger charge is 2.39. The Morgan fingerprint density at radius 1 is 1.26 bits per heavy atom. The fraction of sp³-hybridized carbons (Fsp3) is 0.438. The lowest BCUT2D eigenvalue weighted by Crippen LogP contribution is -2.51. The van der Waals surface area contributed by atoms with Gasteiger partial charge in [-0.25, -0.2) is 9.59 Å². The monoisotopic (exact) mass is 319 g/mol. The number of carboxylic acid groups (broad SMARTS) is 2. The minimum atomic E-state index is -1.26. The lowest BCUT2D eigenvalue weighted by atomic mass is 9.96. The van der Waals surface area contributed by atoms with Crippen LogP contribution in [-0.4, -0.2) is 52.8 Å². The van der Waals surface area contributed by atoms with Gasteiger partial charge in [0, 0.05) is 49.4 Å². The van der Waals surface area contributed by atoms with Crippen LogP contribution in [0.15, 0.2) is 24.4 Å². The molecule has 2 aliphatic rings. The van der Waals surface area contributed by atoms with Crippen LogP contribution in [0, 0.1) is 19.8 Å². The van der Waals surface area contributed by atoms with E-state index in [1.807, 2.05) is 6.20 Å². The van der Waals surface area contributed by atoms with E-state index in [2.05, 4.69) is 35.1 Å². The average molecular weight is 319 g/mol. The number of anilines is 1. The van der Waals surface area contributed by atoms with Gasteiger partial charge in [0.25, 0.3) is 0 Å².